The Morgan fingerprint density at radius 3 is 2.33 bits per heavy atom. The molecule has 110 valence electrons. The van der Waals surface area contributed by atoms with Crippen molar-refractivity contribution in [1.82, 2.24) is 0 Å². The third-order valence-corrected chi connectivity index (χ3v) is 4.33. The molecule has 0 radical (unpaired) electrons. The van der Waals surface area contributed by atoms with E-state index in [0.29, 0.717) is 11.4 Å². The molecule has 0 aliphatic carbocycles. The van der Waals surface area contributed by atoms with Crippen molar-refractivity contribution in [3.8, 4) is 0 Å². The van der Waals surface area contributed by atoms with E-state index < -0.39 is 32.2 Å². The average Bonchev–Trinajstić information content (AvgIpc) is 2.41. The van der Waals surface area contributed by atoms with Gasteiger partial charge in [0.25, 0.3) is 0 Å². The maximum absolute atomic E-state index is 13.5. The summed E-state index contributed by atoms with van der Waals surface area (Å²) in [5.41, 5.74) is 6.44. The van der Waals surface area contributed by atoms with Crippen molar-refractivity contribution < 1.29 is 17.6 Å². The fraction of sp³-hybridized carbons (Fsp3) is 0.0714. The highest BCUT2D eigenvalue weighted by atomic mass is 32.2. The Morgan fingerprint density at radius 2 is 1.71 bits per heavy atom. The fourth-order valence-corrected chi connectivity index (χ4v) is 2.93. The van der Waals surface area contributed by atoms with Gasteiger partial charge in [0.1, 0.15) is 16.5 Å². The molecule has 0 fully saturated rings. The fourth-order valence-electron chi connectivity index (χ4n) is 1.71. The molecular formula is C14H13FN2O3S. The van der Waals surface area contributed by atoms with Crippen LogP contribution in [0.25, 0.3) is 0 Å². The van der Waals surface area contributed by atoms with Gasteiger partial charge in [-0.25, -0.2) is 12.8 Å². The van der Waals surface area contributed by atoms with E-state index in [0.717, 1.165) is 12.1 Å². The Hall–Kier alpha value is -2.41. The molecule has 2 aromatic carbocycles. The molecule has 7 heteroatoms. The van der Waals surface area contributed by atoms with Crippen LogP contribution < -0.4 is 11.1 Å². The Labute approximate surface area is 121 Å². The monoisotopic (exact) mass is 308 g/mol. The highest BCUT2D eigenvalue weighted by molar-refractivity contribution is 7.92. The number of hydrogen-bond acceptors (Lipinski definition) is 4. The van der Waals surface area contributed by atoms with Crippen LogP contribution in [-0.2, 0) is 14.6 Å². The molecule has 1 amide bonds. The number of rotatable bonds is 4. The molecule has 2 rings (SSSR count). The van der Waals surface area contributed by atoms with Gasteiger partial charge >= 0.3 is 0 Å². The number of nitrogens with two attached hydrogens (primary N) is 1. The lowest BCUT2D eigenvalue weighted by molar-refractivity contribution is -0.113. The SMILES string of the molecule is Nc1ccc(NC(=O)CS(=O)(=O)c2ccccc2F)cc1. The summed E-state index contributed by atoms with van der Waals surface area (Å²) in [5, 5.41) is 2.42. The molecule has 0 spiro atoms. The first-order valence-corrected chi connectivity index (χ1v) is 7.66. The second kappa shape index (κ2) is 5.92. The molecule has 5 nitrogen and oxygen atoms in total. The van der Waals surface area contributed by atoms with Crippen LogP contribution in [0, 0.1) is 5.82 Å². The van der Waals surface area contributed by atoms with Gasteiger partial charge < -0.3 is 11.1 Å². The summed E-state index contributed by atoms with van der Waals surface area (Å²) in [6.07, 6.45) is 0. The van der Waals surface area contributed by atoms with Crippen molar-refractivity contribution in [2.45, 2.75) is 4.90 Å². The lowest BCUT2D eigenvalue weighted by atomic mass is 10.3. The second-order valence-corrected chi connectivity index (χ2v) is 6.32. The minimum atomic E-state index is -4.03. The molecular weight excluding hydrogens is 295 g/mol. The lowest BCUT2D eigenvalue weighted by Gasteiger charge is -2.07. The number of carbonyl (C=O) groups is 1. The summed E-state index contributed by atoms with van der Waals surface area (Å²) in [6, 6.07) is 11.2. The van der Waals surface area contributed by atoms with Gasteiger partial charge in [-0.15, -0.1) is 0 Å². The summed E-state index contributed by atoms with van der Waals surface area (Å²) in [6.45, 7) is 0. The zero-order chi connectivity index (χ0) is 15.5. The molecule has 2 aromatic rings. The number of benzene rings is 2. The van der Waals surface area contributed by atoms with E-state index in [1.807, 2.05) is 0 Å². The topological polar surface area (TPSA) is 89.3 Å². The van der Waals surface area contributed by atoms with Gasteiger partial charge in [-0.3, -0.25) is 4.79 Å². The van der Waals surface area contributed by atoms with E-state index in [1.54, 1.807) is 24.3 Å². The van der Waals surface area contributed by atoms with Crippen molar-refractivity contribution in [1.29, 1.82) is 0 Å². The van der Waals surface area contributed by atoms with E-state index in [1.165, 1.54) is 12.1 Å². The van der Waals surface area contributed by atoms with E-state index in [2.05, 4.69) is 5.32 Å². The van der Waals surface area contributed by atoms with Crippen molar-refractivity contribution in [3.05, 3.63) is 54.3 Å². The van der Waals surface area contributed by atoms with Gasteiger partial charge in [0.05, 0.1) is 0 Å². The number of anilines is 2. The van der Waals surface area contributed by atoms with Crippen LogP contribution in [0.1, 0.15) is 0 Å². The second-order valence-electron chi connectivity index (χ2n) is 4.36. The van der Waals surface area contributed by atoms with E-state index >= 15 is 0 Å². The third kappa shape index (κ3) is 3.79. The van der Waals surface area contributed by atoms with E-state index in [9.17, 15) is 17.6 Å². The molecule has 0 saturated heterocycles. The number of amides is 1. The quantitative estimate of drug-likeness (QED) is 0.843. The molecule has 0 saturated carbocycles. The Balaban J connectivity index is 2.12. The molecule has 0 bridgehead atoms. The molecule has 21 heavy (non-hydrogen) atoms. The first-order chi connectivity index (χ1) is 9.88. The number of nitrogen functional groups attached to an aromatic ring is 1. The maximum atomic E-state index is 13.5. The van der Waals surface area contributed by atoms with Gasteiger partial charge in [-0.1, -0.05) is 12.1 Å². The molecule has 0 aliphatic rings. The highest BCUT2D eigenvalue weighted by Gasteiger charge is 2.22. The smallest absolute Gasteiger partial charge is 0.239 e. The molecule has 0 heterocycles. The highest BCUT2D eigenvalue weighted by Crippen LogP contribution is 2.16. The van der Waals surface area contributed by atoms with Gasteiger partial charge in [0.2, 0.25) is 5.91 Å². The summed E-state index contributed by atoms with van der Waals surface area (Å²) < 4.78 is 37.5. The first-order valence-electron chi connectivity index (χ1n) is 6.01. The molecule has 0 aliphatic heterocycles. The normalized spacial score (nSPS) is 11.1. The predicted molar refractivity (Wildman–Crippen MR) is 77.9 cm³/mol. The van der Waals surface area contributed by atoms with Crippen LogP contribution in [0.4, 0.5) is 15.8 Å². The largest absolute Gasteiger partial charge is 0.399 e. The minimum absolute atomic E-state index is 0.415. The zero-order valence-corrected chi connectivity index (χ0v) is 11.7. The number of sulfone groups is 1. The van der Waals surface area contributed by atoms with Crippen molar-refractivity contribution in [2.75, 3.05) is 16.8 Å². The summed E-state index contributed by atoms with van der Waals surface area (Å²) in [5.74, 6) is -2.46. The lowest BCUT2D eigenvalue weighted by Crippen LogP contribution is -2.23. The molecule has 0 atom stereocenters. The Morgan fingerprint density at radius 1 is 1.10 bits per heavy atom. The predicted octanol–water partition coefficient (Wildman–Crippen LogP) is 1.82. The van der Waals surface area contributed by atoms with Crippen LogP contribution in [-0.4, -0.2) is 20.1 Å². The molecule has 0 unspecified atom stereocenters. The summed E-state index contributed by atoms with van der Waals surface area (Å²) in [7, 11) is -4.03. The van der Waals surface area contributed by atoms with Crippen LogP contribution in [0.2, 0.25) is 0 Å². The van der Waals surface area contributed by atoms with E-state index in [-0.39, 0.29) is 0 Å². The van der Waals surface area contributed by atoms with Crippen LogP contribution in [0.5, 0.6) is 0 Å². The van der Waals surface area contributed by atoms with Gasteiger partial charge in [0, 0.05) is 11.4 Å². The third-order valence-electron chi connectivity index (χ3n) is 2.69. The van der Waals surface area contributed by atoms with Crippen molar-refractivity contribution >= 4 is 27.1 Å². The van der Waals surface area contributed by atoms with Gasteiger partial charge in [0.15, 0.2) is 9.84 Å². The van der Waals surface area contributed by atoms with Crippen molar-refractivity contribution in [3.63, 3.8) is 0 Å². The first kappa shape index (κ1) is 15.0. The Bertz CT molecular complexity index is 758. The Kier molecular flexibility index (Phi) is 4.23. The van der Waals surface area contributed by atoms with Crippen LogP contribution in [0.3, 0.4) is 0 Å². The molecule has 0 aromatic heterocycles. The zero-order valence-electron chi connectivity index (χ0n) is 10.9. The summed E-state index contributed by atoms with van der Waals surface area (Å²) >= 11 is 0. The number of hydrogen-bond donors (Lipinski definition) is 2. The van der Waals surface area contributed by atoms with Crippen LogP contribution in [0.15, 0.2) is 53.4 Å². The van der Waals surface area contributed by atoms with Crippen LogP contribution >= 0.6 is 0 Å². The number of nitrogens with one attached hydrogen (secondary N) is 1. The maximum Gasteiger partial charge on any atom is 0.239 e. The standard InChI is InChI=1S/C14H13FN2O3S/c15-12-3-1-2-4-13(12)21(19,20)9-14(18)17-11-7-5-10(16)6-8-11/h1-8H,9,16H2,(H,17,18). The summed E-state index contributed by atoms with van der Waals surface area (Å²) in [4.78, 5) is 11.3. The van der Waals surface area contributed by atoms with Crippen molar-refractivity contribution in [2.24, 2.45) is 0 Å². The van der Waals surface area contributed by atoms with E-state index in [4.69, 9.17) is 5.73 Å². The average molecular weight is 308 g/mol. The van der Waals surface area contributed by atoms with Gasteiger partial charge in [-0.2, -0.15) is 0 Å². The number of carbonyl (C=O) groups excluding carboxylic acids is 1. The number of halogens is 1. The van der Waals surface area contributed by atoms with Gasteiger partial charge in [-0.05, 0) is 36.4 Å². The minimum Gasteiger partial charge on any atom is -0.399 e. The molecule has 3 N–H and O–H groups in total.